The summed E-state index contributed by atoms with van der Waals surface area (Å²) in [5.41, 5.74) is 5.85. The molecule has 1 aromatic rings. The molecule has 8 heteroatoms. The van der Waals surface area contributed by atoms with Gasteiger partial charge in [0.2, 0.25) is 0 Å². The molecule has 2 fully saturated rings. The number of aromatic nitrogens is 2. The van der Waals surface area contributed by atoms with Crippen molar-refractivity contribution in [2.45, 2.75) is 62.1 Å². The van der Waals surface area contributed by atoms with E-state index in [1.807, 2.05) is 40.1 Å². The summed E-state index contributed by atoms with van der Waals surface area (Å²) in [5, 5.41) is 1.35. The molecule has 3 heterocycles. The van der Waals surface area contributed by atoms with Crippen molar-refractivity contribution in [2.24, 2.45) is 5.73 Å². The molecule has 0 saturated carbocycles. The van der Waals surface area contributed by atoms with Gasteiger partial charge in [-0.05, 0) is 47.1 Å². The highest BCUT2D eigenvalue weighted by molar-refractivity contribution is 7.99. The summed E-state index contributed by atoms with van der Waals surface area (Å²) in [6, 6.07) is 0. The van der Waals surface area contributed by atoms with Gasteiger partial charge in [0.15, 0.2) is 5.16 Å². The average Bonchev–Trinajstić information content (AvgIpc) is 2.77. The summed E-state index contributed by atoms with van der Waals surface area (Å²) in [6.45, 7) is 12.1. The maximum absolute atomic E-state index is 6.05. The lowest BCUT2D eigenvalue weighted by Crippen LogP contribution is -2.41. The number of rotatable bonds is 5. The molecule has 0 aliphatic carbocycles. The van der Waals surface area contributed by atoms with Crippen LogP contribution in [0.2, 0.25) is 0 Å². The minimum Gasteiger partial charge on any atom is -0.399 e. The number of hydrogen-bond acceptors (Lipinski definition) is 7. The van der Waals surface area contributed by atoms with Gasteiger partial charge in [0.05, 0.1) is 11.2 Å². The molecule has 0 aromatic carbocycles. The number of piperidine rings is 1. The highest BCUT2D eigenvalue weighted by Gasteiger charge is 2.51. The molecule has 2 N–H and O–H groups in total. The summed E-state index contributed by atoms with van der Waals surface area (Å²) < 4.78 is 12.1. The lowest BCUT2D eigenvalue weighted by Gasteiger charge is -2.32. The zero-order valence-electron chi connectivity index (χ0n) is 15.7. The zero-order chi connectivity index (χ0) is 18.1. The molecule has 1 atom stereocenters. The zero-order valence-corrected chi connectivity index (χ0v) is 16.5. The van der Waals surface area contributed by atoms with Gasteiger partial charge in [-0.25, -0.2) is 9.97 Å². The number of hydrogen-bond donors (Lipinski definition) is 1. The number of nitrogens with zero attached hydrogens (tertiary/aromatic N) is 3. The van der Waals surface area contributed by atoms with Crippen LogP contribution >= 0.6 is 11.8 Å². The van der Waals surface area contributed by atoms with Gasteiger partial charge in [-0.3, -0.25) is 0 Å². The lowest BCUT2D eigenvalue weighted by molar-refractivity contribution is 0.00578. The SMILES string of the molecule is CC1(C)OB(c2cnc(SC3CCCN(CCN)C3)nc2)OC1(C)C. The van der Waals surface area contributed by atoms with Crippen LogP contribution in [0.1, 0.15) is 40.5 Å². The first-order chi connectivity index (χ1) is 11.8. The van der Waals surface area contributed by atoms with E-state index < -0.39 is 7.12 Å². The van der Waals surface area contributed by atoms with E-state index in [2.05, 4.69) is 14.9 Å². The van der Waals surface area contributed by atoms with Crippen LogP contribution in [0, 0.1) is 0 Å². The Morgan fingerprint density at radius 2 is 1.88 bits per heavy atom. The third-order valence-electron chi connectivity index (χ3n) is 5.35. The number of nitrogens with two attached hydrogens (primary N) is 1. The van der Waals surface area contributed by atoms with Gasteiger partial charge in [-0.2, -0.15) is 0 Å². The van der Waals surface area contributed by atoms with E-state index in [1.165, 1.54) is 12.8 Å². The largest absolute Gasteiger partial charge is 0.498 e. The van der Waals surface area contributed by atoms with Crippen LogP contribution in [0.3, 0.4) is 0 Å². The molecule has 138 valence electrons. The molecule has 0 spiro atoms. The van der Waals surface area contributed by atoms with E-state index in [4.69, 9.17) is 15.0 Å². The topological polar surface area (TPSA) is 73.5 Å². The molecule has 1 aromatic heterocycles. The molecule has 0 bridgehead atoms. The molecule has 2 saturated heterocycles. The Morgan fingerprint density at radius 1 is 1.24 bits per heavy atom. The van der Waals surface area contributed by atoms with E-state index in [0.29, 0.717) is 5.25 Å². The predicted octanol–water partition coefficient (Wildman–Crippen LogP) is 1.29. The molecular weight excluding hydrogens is 335 g/mol. The normalized spacial score (nSPS) is 26.1. The van der Waals surface area contributed by atoms with Crippen molar-refractivity contribution < 1.29 is 9.31 Å². The summed E-state index contributed by atoms with van der Waals surface area (Å²) in [5.74, 6) is 0. The van der Waals surface area contributed by atoms with Crippen LogP contribution in [0.25, 0.3) is 0 Å². The number of thioether (sulfide) groups is 1. The summed E-state index contributed by atoms with van der Waals surface area (Å²) >= 11 is 1.76. The van der Waals surface area contributed by atoms with Crippen LogP contribution in [0.4, 0.5) is 0 Å². The summed E-state index contributed by atoms with van der Waals surface area (Å²) in [4.78, 5) is 11.5. The molecule has 25 heavy (non-hydrogen) atoms. The van der Waals surface area contributed by atoms with Crippen LogP contribution in [0.15, 0.2) is 17.6 Å². The Kier molecular flexibility index (Phi) is 5.75. The third kappa shape index (κ3) is 4.36. The average molecular weight is 364 g/mol. The minimum absolute atomic E-state index is 0.348. The van der Waals surface area contributed by atoms with Gasteiger partial charge in [-0.15, -0.1) is 0 Å². The molecule has 2 aliphatic heterocycles. The maximum Gasteiger partial charge on any atom is 0.498 e. The van der Waals surface area contributed by atoms with Crippen LogP contribution in [-0.4, -0.2) is 64.6 Å². The highest BCUT2D eigenvalue weighted by atomic mass is 32.2. The minimum atomic E-state index is -0.404. The molecule has 1 unspecified atom stereocenters. The first-order valence-corrected chi connectivity index (χ1v) is 9.95. The van der Waals surface area contributed by atoms with Gasteiger partial charge in [-0.1, -0.05) is 11.8 Å². The van der Waals surface area contributed by atoms with E-state index in [9.17, 15) is 0 Å². The van der Waals surface area contributed by atoms with Gasteiger partial charge in [0.25, 0.3) is 0 Å². The fourth-order valence-corrected chi connectivity index (χ4v) is 4.23. The fourth-order valence-electron chi connectivity index (χ4n) is 3.13. The molecule has 3 rings (SSSR count). The first kappa shape index (κ1) is 19.1. The van der Waals surface area contributed by atoms with Gasteiger partial charge < -0.3 is 19.9 Å². The summed E-state index contributed by atoms with van der Waals surface area (Å²) in [7, 11) is -0.404. The second kappa shape index (κ2) is 7.52. The quantitative estimate of drug-likeness (QED) is 0.623. The van der Waals surface area contributed by atoms with E-state index in [-0.39, 0.29) is 11.2 Å². The smallest absolute Gasteiger partial charge is 0.399 e. The van der Waals surface area contributed by atoms with Crippen molar-refractivity contribution >= 4 is 24.3 Å². The van der Waals surface area contributed by atoms with Crippen molar-refractivity contribution in [3.05, 3.63) is 12.4 Å². The second-order valence-corrected chi connectivity index (χ2v) is 9.13. The van der Waals surface area contributed by atoms with Gasteiger partial charge in [0.1, 0.15) is 0 Å². The monoisotopic (exact) mass is 364 g/mol. The van der Waals surface area contributed by atoms with Crippen molar-refractivity contribution in [1.29, 1.82) is 0 Å². The Hall–Kier alpha value is -0.665. The van der Waals surface area contributed by atoms with Crippen LogP contribution < -0.4 is 11.2 Å². The Balaban J connectivity index is 1.60. The first-order valence-electron chi connectivity index (χ1n) is 9.07. The Labute approximate surface area is 155 Å². The van der Waals surface area contributed by atoms with Crippen molar-refractivity contribution in [2.75, 3.05) is 26.2 Å². The molecule has 6 nitrogen and oxygen atoms in total. The second-order valence-electron chi connectivity index (χ2n) is 7.86. The molecule has 2 aliphatic rings. The maximum atomic E-state index is 6.05. The van der Waals surface area contributed by atoms with Gasteiger partial charge >= 0.3 is 7.12 Å². The van der Waals surface area contributed by atoms with E-state index >= 15 is 0 Å². The Morgan fingerprint density at radius 3 is 2.48 bits per heavy atom. The van der Waals surface area contributed by atoms with E-state index in [1.54, 1.807) is 11.8 Å². The van der Waals surface area contributed by atoms with Crippen molar-refractivity contribution in [3.63, 3.8) is 0 Å². The Bertz CT molecular complexity index is 567. The van der Waals surface area contributed by atoms with E-state index in [0.717, 1.165) is 36.8 Å². The lowest BCUT2D eigenvalue weighted by atomic mass is 9.81. The third-order valence-corrected chi connectivity index (χ3v) is 6.49. The molecule has 0 radical (unpaired) electrons. The van der Waals surface area contributed by atoms with Crippen LogP contribution in [-0.2, 0) is 9.31 Å². The standard InChI is InChI=1S/C17H29BN4O2S/c1-16(2)17(3,4)24-18(23-16)13-10-20-15(21-11-13)25-14-6-5-8-22(12-14)9-7-19/h10-11,14H,5-9,12,19H2,1-4H3. The molecule has 0 amide bonds. The van der Waals surface area contributed by atoms with Crippen molar-refractivity contribution in [1.82, 2.24) is 14.9 Å². The summed E-state index contributed by atoms with van der Waals surface area (Å²) in [6.07, 6.45) is 6.08. The number of likely N-dealkylation sites (tertiary alicyclic amines) is 1. The predicted molar refractivity (Wildman–Crippen MR) is 102 cm³/mol. The van der Waals surface area contributed by atoms with Crippen molar-refractivity contribution in [3.8, 4) is 0 Å². The highest BCUT2D eigenvalue weighted by Crippen LogP contribution is 2.36. The molecular formula is C17H29BN4O2S. The van der Waals surface area contributed by atoms with Crippen LogP contribution in [0.5, 0.6) is 0 Å². The fraction of sp³-hybridized carbons (Fsp3) is 0.765. The van der Waals surface area contributed by atoms with Gasteiger partial charge in [0, 0.05) is 42.7 Å².